The number of hydrogen-bond acceptors (Lipinski definition) is 5. The first kappa shape index (κ1) is 24.0. The summed E-state index contributed by atoms with van der Waals surface area (Å²) < 4.78 is 4.65. The Morgan fingerprint density at radius 2 is 1.75 bits per heavy atom. The standard InChI is InChI=1S/C20H32N4O3.ClH/c1-20(2,16-18(25)27-3)22-19(26)21-10-7-11-23-12-14-24(15-13-23)17-8-5-4-6-9-17;/h4-6,8-9H,7,10-16H2,1-3H3,(H2,21,22,26);1H. The lowest BCUT2D eigenvalue weighted by Crippen LogP contribution is -2.50. The Hall–Kier alpha value is -1.99. The number of nitrogens with one attached hydrogen (secondary N) is 2. The molecule has 1 aromatic rings. The van der Waals surface area contributed by atoms with E-state index in [1.54, 1.807) is 13.8 Å². The lowest BCUT2D eigenvalue weighted by atomic mass is 10.0. The van der Waals surface area contributed by atoms with Crippen LogP contribution in [0.1, 0.15) is 26.7 Å². The van der Waals surface area contributed by atoms with Crippen LogP contribution < -0.4 is 15.5 Å². The van der Waals surface area contributed by atoms with E-state index in [1.807, 2.05) is 6.07 Å². The summed E-state index contributed by atoms with van der Waals surface area (Å²) >= 11 is 0. The Labute approximate surface area is 174 Å². The number of hydrogen-bond donors (Lipinski definition) is 2. The third-order valence-electron chi connectivity index (χ3n) is 4.70. The molecule has 2 amide bonds. The van der Waals surface area contributed by atoms with E-state index in [2.05, 4.69) is 49.4 Å². The maximum Gasteiger partial charge on any atom is 0.315 e. The number of benzene rings is 1. The number of urea groups is 1. The van der Waals surface area contributed by atoms with Crippen LogP contribution in [0, 0.1) is 0 Å². The molecule has 1 saturated heterocycles. The van der Waals surface area contributed by atoms with Crippen molar-refractivity contribution in [2.24, 2.45) is 0 Å². The van der Waals surface area contributed by atoms with E-state index in [0.717, 1.165) is 39.1 Å². The van der Waals surface area contributed by atoms with Crippen LogP contribution in [0.3, 0.4) is 0 Å². The Bertz CT molecular complexity index is 605. The topological polar surface area (TPSA) is 73.9 Å². The average molecular weight is 413 g/mol. The predicted molar refractivity (Wildman–Crippen MR) is 114 cm³/mol. The quantitative estimate of drug-likeness (QED) is 0.506. The highest BCUT2D eigenvalue weighted by molar-refractivity contribution is 5.85. The third kappa shape index (κ3) is 8.35. The molecule has 1 aliphatic heterocycles. The van der Waals surface area contributed by atoms with Crippen molar-refractivity contribution in [1.82, 2.24) is 15.5 Å². The van der Waals surface area contributed by atoms with Gasteiger partial charge in [0.15, 0.2) is 0 Å². The van der Waals surface area contributed by atoms with Gasteiger partial charge in [0, 0.05) is 44.0 Å². The highest BCUT2D eigenvalue weighted by atomic mass is 35.5. The lowest BCUT2D eigenvalue weighted by Gasteiger charge is -2.36. The van der Waals surface area contributed by atoms with E-state index in [9.17, 15) is 9.59 Å². The molecular weight excluding hydrogens is 380 g/mol. The number of carbonyl (C=O) groups is 2. The summed E-state index contributed by atoms with van der Waals surface area (Å²) in [5.74, 6) is -0.338. The molecule has 2 N–H and O–H groups in total. The molecule has 0 aliphatic carbocycles. The van der Waals surface area contributed by atoms with Crippen LogP contribution >= 0.6 is 12.4 Å². The SMILES string of the molecule is COC(=O)CC(C)(C)NC(=O)NCCCN1CCN(c2ccccc2)CC1.Cl. The molecule has 0 spiro atoms. The van der Waals surface area contributed by atoms with Crippen LogP contribution in [0.2, 0.25) is 0 Å². The van der Waals surface area contributed by atoms with Crippen molar-refractivity contribution in [2.45, 2.75) is 32.2 Å². The number of halogens is 1. The average Bonchev–Trinajstić information content (AvgIpc) is 2.65. The third-order valence-corrected chi connectivity index (χ3v) is 4.70. The zero-order valence-electron chi connectivity index (χ0n) is 17.1. The van der Waals surface area contributed by atoms with Crippen molar-refractivity contribution in [3.8, 4) is 0 Å². The van der Waals surface area contributed by atoms with Gasteiger partial charge in [-0.3, -0.25) is 9.69 Å². The Balaban J connectivity index is 0.00000392. The minimum atomic E-state index is -0.634. The smallest absolute Gasteiger partial charge is 0.315 e. The van der Waals surface area contributed by atoms with Crippen molar-refractivity contribution in [3.63, 3.8) is 0 Å². The van der Waals surface area contributed by atoms with Crippen molar-refractivity contribution >= 4 is 30.1 Å². The first-order valence-corrected chi connectivity index (χ1v) is 9.55. The summed E-state index contributed by atoms with van der Waals surface area (Å²) in [6.45, 7) is 9.30. The van der Waals surface area contributed by atoms with Crippen LogP contribution in [0.5, 0.6) is 0 Å². The molecule has 2 rings (SSSR count). The maximum absolute atomic E-state index is 12.0. The number of amides is 2. The minimum Gasteiger partial charge on any atom is -0.469 e. The molecule has 158 valence electrons. The molecular formula is C20H33ClN4O3. The second-order valence-electron chi connectivity index (χ2n) is 7.54. The van der Waals surface area contributed by atoms with Gasteiger partial charge in [-0.25, -0.2) is 4.79 Å². The predicted octanol–water partition coefficient (Wildman–Crippen LogP) is 2.26. The monoisotopic (exact) mass is 412 g/mol. The maximum atomic E-state index is 12.0. The first-order chi connectivity index (χ1) is 12.9. The van der Waals surface area contributed by atoms with Gasteiger partial charge in [0.1, 0.15) is 0 Å². The van der Waals surface area contributed by atoms with Crippen LogP contribution in [0.15, 0.2) is 30.3 Å². The fourth-order valence-corrected chi connectivity index (χ4v) is 3.20. The number of rotatable bonds is 8. The van der Waals surface area contributed by atoms with Crippen molar-refractivity contribution < 1.29 is 14.3 Å². The summed E-state index contributed by atoms with van der Waals surface area (Å²) in [5.41, 5.74) is 0.648. The second kappa shape index (κ2) is 11.8. The zero-order valence-corrected chi connectivity index (χ0v) is 17.9. The normalized spacial score (nSPS) is 14.8. The molecule has 1 heterocycles. The van der Waals surface area contributed by atoms with Crippen LogP contribution in [-0.2, 0) is 9.53 Å². The Kier molecular flexibility index (Phi) is 10.1. The fraction of sp³-hybridized carbons (Fsp3) is 0.600. The number of ether oxygens (including phenoxy) is 1. The van der Waals surface area contributed by atoms with E-state index >= 15 is 0 Å². The van der Waals surface area contributed by atoms with E-state index in [1.165, 1.54) is 12.8 Å². The molecule has 0 unspecified atom stereocenters. The summed E-state index contributed by atoms with van der Waals surface area (Å²) in [4.78, 5) is 28.2. The number of carbonyl (C=O) groups excluding carboxylic acids is 2. The van der Waals surface area contributed by atoms with Crippen molar-refractivity contribution in [1.29, 1.82) is 0 Å². The van der Waals surface area contributed by atoms with Gasteiger partial charge in [0.2, 0.25) is 0 Å². The van der Waals surface area contributed by atoms with E-state index in [0.29, 0.717) is 6.54 Å². The van der Waals surface area contributed by atoms with Gasteiger partial charge in [-0.05, 0) is 38.9 Å². The van der Waals surface area contributed by atoms with Gasteiger partial charge in [0.25, 0.3) is 0 Å². The number of methoxy groups -OCH3 is 1. The van der Waals surface area contributed by atoms with Gasteiger partial charge in [-0.1, -0.05) is 18.2 Å². The molecule has 1 aliphatic rings. The summed E-state index contributed by atoms with van der Waals surface area (Å²) in [6.07, 6.45) is 1.04. The minimum absolute atomic E-state index is 0. The van der Waals surface area contributed by atoms with E-state index in [4.69, 9.17) is 0 Å². The van der Waals surface area contributed by atoms with Crippen molar-refractivity contribution in [2.75, 3.05) is 51.3 Å². The van der Waals surface area contributed by atoms with Crippen LogP contribution in [0.4, 0.5) is 10.5 Å². The van der Waals surface area contributed by atoms with Crippen molar-refractivity contribution in [3.05, 3.63) is 30.3 Å². The first-order valence-electron chi connectivity index (χ1n) is 9.55. The number of para-hydroxylation sites is 1. The largest absolute Gasteiger partial charge is 0.469 e. The summed E-state index contributed by atoms with van der Waals surface area (Å²) in [7, 11) is 1.35. The molecule has 8 heteroatoms. The highest BCUT2D eigenvalue weighted by Gasteiger charge is 2.24. The lowest BCUT2D eigenvalue weighted by molar-refractivity contribution is -0.141. The zero-order chi connectivity index (χ0) is 19.7. The molecule has 0 bridgehead atoms. The molecule has 0 atom stereocenters. The van der Waals surface area contributed by atoms with Gasteiger partial charge in [-0.2, -0.15) is 0 Å². The van der Waals surface area contributed by atoms with Crippen LogP contribution in [0.25, 0.3) is 0 Å². The molecule has 0 aromatic heterocycles. The molecule has 1 aromatic carbocycles. The number of nitrogens with zero attached hydrogens (tertiary/aromatic N) is 2. The second-order valence-corrected chi connectivity index (χ2v) is 7.54. The molecule has 0 radical (unpaired) electrons. The molecule has 0 saturated carbocycles. The number of piperazine rings is 1. The number of anilines is 1. The Morgan fingerprint density at radius 1 is 1.11 bits per heavy atom. The number of esters is 1. The molecule has 7 nitrogen and oxygen atoms in total. The highest BCUT2D eigenvalue weighted by Crippen LogP contribution is 2.15. The molecule has 28 heavy (non-hydrogen) atoms. The molecule has 1 fully saturated rings. The fourth-order valence-electron chi connectivity index (χ4n) is 3.20. The van der Waals surface area contributed by atoms with Crippen LogP contribution in [-0.4, -0.2) is 68.8 Å². The Morgan fingerprint density at radius 3 is 2.36 bits per heavy atom. The van der Waals surface area contributed by atoms with Gasteiger partial charge in [-0.15, -0.1) is 12.4 Å². The van der Waals surface area contributed by atoms with Gasteiger partial charge in [0.05, 0.1) is 13.5 Å². The van der Waals surface area contributed by atoms with Gasteiger partial charge < -0.3 is 20.3 Å². The summed E-state index contributed by atoms with van der Waals surface area (Å²) in [5, 5.41) is 5.68. The van der Waals surface area contributed by atoms with Gasteiger partial charge >= 0.3 is 12.0 Å². The van der Waals surface area contributed by atoms with E-state index < -0.39 is 5.54 Å². The summed E-state index contributed by atoms with van der Waals surface area (Å²) in [6, 6.07) is 10.2. The van der Waals surface area contributed by atoms with E-state index in [-0.39, 0.29) is 30.8 Å².